The predicted octanol–water partition coefficient (Wildman–Crippen LogP) is 2.46. The number of amides is 1. The highest BCUT2D eigenvalue weighted by atomic mass is 32.2. The van der Waals surface area contributed by atoms with E-state index >= 15 is 0 Å². The van der Waals surface area contributed by atoms with Gasteiger partial charge in [-0.1, -0.05) is 24.6 Å². The molecule has 2 N–H and O–H groups in total. The first-order valence-electron chi connectivity index (χ1n) is 6.78. The molecule has 108 valence electrons. The van der Waals surface area contributed by atoms with Crippen LogP contribution in [0.25, 0.3) is 0 Å². The average molecular weight is 293 g/mol. The van der Waals surface area contributed by atoms with Crippen LogP contribution in [-0.2, 0) is 9.59 Å². The second-order valence-electron chi connectivity index (χ2n) is 5.10. The van der Waals surface area contributed by atoms with Crippen LogP contribution in [0.1, 0.15) is 24.8 Å². The SMILES string of the molecule is Cc1ccccc1SCC(=O)NC1CCCC1C(=O)O. The minimum Gasteiger partial charge on any atom is -0.481 e. The summed E-state index contributed by atoms with van der Waals surface area (Å²) in [6.07, 6.45) is 2.29. The van der Waals surface area contributed by atoms with Crippen molar-refractivity contribution in [2.75, 3.05) is 5.75 Å². The maximum absolute atomic E-state index is 11.9. The molecule has 0 bridgehead atoms. The van der Waals surface area contributed by atoms with Crippen molar-refractivity contribution in [1.29, 1.82) is 0 Å². The molecular weight excluding hydrogens is 274 g/mol. The van der Waals surface area contributed by atoms with E-state index in [1.54, 1.807) is 0 Å². The summed E-state index contributed by atoms with van der Waals surface area (Å²) in [4.78, 5) is 24.1. The lowest BCUT2D eigenvalue weighted by atomic mass is 10.0. The van der Waals surface area contributed by atoms with E-state index in [9.17, 15) is 9.59 Å². The van der Waals surface area contributed by atoms with Gasteiger partial charge in [0, 0.05) is 10.9 Å². The zero-order valence-electron chi connectivity index (χ0n) is 11.5. The largest absolute Gasteiger partial charge is 0.481 e. The molecule has 1 aromatic carbocycles. The molecule has 1 aliphatic carbocycles. The van der Waals surface area contributed by atoms with E-state index in [4.69, 9.17) is 5.11 Å². The topological polar surface area (TPSA) is 66.4 Å². The van der Waals surface area contributed by atoms with Crippen molar-refractivity contribution in [3.63, 3.8) is 0 Å². The van der Waals surface area contributed by atoms with E-state index in [0.29, 0.717) is 12.2 Å². The van der Waals surface area contributed by atoms with Crippen LogP contribution in [0.15, 0.2) is 29.2 Å². The number of thioether (sulfide) groups is 1. The fraction of sp³-hybridized carbons (Fsp3) is 0.467. The molecule has 0 spiro atoms. The van der Waals surface area contributed by atoms with Crippen LogP contribution in [0.2, 0.25) is 0 Å². The van der Waals surface area contributed by atoms with Crippen LogP contribution in [0, 0.1) is 12.8 Å². The molecule has 2 atom stereocenters. The maximum atomic E-state index is 11.9. The average Bonchev–Trinajstić information content (AvgIpc) is 2.86. The Morgan fingerprint density at radius 3 is 2.80 bits per heavy atom. The molecule has 1 saturated carbocycles. The minimum atomic E-state index is -0.806. The summed E-state index contributed by atoms with van der Waals surface area (Å²) in [5, 5.41) is 11.9. The highest BCUT2D eigenvalue weighted by Gasteiger charge is 2.33. The number of carboxylic acids is 1. The van der Waals surface area contributed by atoms with Crippen LogP contribution in [-0.4, -0.2) is 28.8 Å². The first-order chi connectivity index (χ1) is 9.58. The third-order valence-electron chi connectivity index (χ3n) is 3.63. The van der Waals surface area contributed by atoms with Crippen molar-refractivity contribution in [3.8, 4) is 0 Å². The number of aryl methyl sites for hydroxylation is 1. The van der Waals surface area contributed by atoms with Gasteiger partial charge in [0.1, 0.15) is 0 Å². The van der Waals surface area contributed by atoms with Gasteiger partial charge >= 0.3 is 5.97 Å². The van der Waals surface area contributed by atoms with Gasteiger partial charge in [0.15, 0.2) is 0 Å². The number of carbonyl (C=O) groups is 2. The Balaban J connectivity index is 1.84. The summed E-state index contributed by atoms with van der Waals surface area (Å²) in [6.45, 7) is 2.01. The second-order valence-corrected chi connectivity index (χ2v) is 6.12. The Hall–Kier alpha value is -1.49. The molecule has 1 aliphatic rings. The van der Waals surface area contributed by atoms with E-state index in [0.717, 1.165) is 23.3 Å². The summed E-state index contributed by atoms with van der Waals surface area (Å²) in [6, 6.07) is 7.71. The lowest BCUT2D eigenvalue weighted by Gasteiger charge is -2.17. The van der Waals surface area contributed by atoms with Gasteiger partial charge in [-0.2, -0.15) is 0 Å². The number of nitrogens with one attached hydrogen (secondary N) is 1. The number of hydrogen-bond acceptors (Lipinski definition) is 3. The van der Waals surface area contributed by atoms with Crippen LogP contribution in [0.3, 0.4) is 0 Å². The van der Waals surface area contributed by atoms with E-state index < -0.39 is 11.9 Å². The van der Waals surface area contributed by atoms with E-state index in [1.807, 2.05) is 31.2 Å². The van der Waals surface area contributed by atoms with Gasteiger partial charge in [0.2, 0.25) is 5.91 Å². The summed E-state index contributed by atoms with van der Waals surface area (Å²) >= 11 is 1.49. The highest BCUT2D eigenvalue weighted by Crippen LogP contribution is 2.26. The predicted molar refractivity (Wildman–Crippen MR) is 78.8 cm³/mol. The van der Waals surface area contributed by atoms with Crippen LogP contribution in [0.5, 0.6) is 0 Å². The van der Waals surface area contributed by atoms with Gasteiger partial charge in [-0.05, 0) is 31.4 Å². The summed E-state index contributed by atoms with van der Waals surface area (Å²) < 4.78 is 0. The van der Waals surface area contributed by atoms with Crippen molar-refractivity contribution in [1.82, 2.24) is 5.32 Å². The molecule has 1 aromatic rings. The molecule has 1 amide bonds. The number of rotatable bonds is 5. The van der Waals surface area contributed by atoms with Gasteiger partial charge in [-0.25, -0.2) is 0 Å². The van der Waals surface area contributed by atoms with Crippen molar-refractivity contribution in [3.05, 3.63) is 29.8 Å². The van der Waals surface area contributed by atoms with Gasteiger partial charge in [0.25, 0.3) is 0 Å². The minimum absolute atomic E-state index is 0.0867. The number of aliphatic carboxylic acids is 1. The Morgan fingerprint density at radius 1 is 1.35 bits per heavy atom. The van der Waals surface area contributed by atoms with Crippen LogP contribution >= 0.6 is 11.8 Å². The molecule has 2 unspecified atom stereocenters. The smallest absolute Gasteiger partial charge is 0.308 e. The standard InChI is InChI=1S/C15H19NO3S/c1-10-5-2-3-8-13(10)20-9-14(17)16-12-7-4-6-11(12)15(18)19/h2-3,5,8,11-12H,4,6-7,9H2,1H3,(H,16,17)(H,18,19). The lowest BCUT2D eigenvalue weighted by Crippen LogP contribution is -2.41. The van der Waals surface area contributed by atoms with Gasteiger partial charge in [-0.15, -0.1) is 11.8 Å². The molecule has 20 heavy (non-hydrogen) atoms. The first-order valence-corrected chi connectivity index (χ1v) is 7.77. The number of carbonyl (C=O) groups excluding carboxylic acids is 1. The molecular formula is C15H19NO3S. The third-order valence-corrected chi connectivity index (χ3v) is 4.81. The molecule has 4 nitrogen and oxygen atoms in total. The quantitative estimate of drug-likeness (QED) is 0.818. The second kappa shape index (κ2) is 6.79. The Morgan fingerprint density at radius 2 is 2.10 bits per heavy atom. The normalized spacial score (nSPS) is 21.6. The molecule has 0 heterocycles. The third kappa shape index (κ3) is 3.76. The van der Waals surface area contributed by atoms with Crippen molar-refractivity contribution >= 4 is 23.6 Å². The number of carboxylic acid groups (broad SMARTS) is 1. The van der Waals surface area contributed by atoms with Gasteiger partial charge in [0.05, 0.1) is 11.7 Å². The first kappa shape index (κ1) is 14.9. The molecule has 5 heteroatoms. The molecule has 0 aromatic heterocycles. The molecule has 0 radical (unpaired) electrons. The lowest BCUT2D eigenvalue weighted by molar-refractivity contribution is -0.142. The molecule has 2 rings (SSSR count). The number of benzene rings is 1. The fourth-order valence-corrected chi connectivity index (χ4v) is 3.38. The Bertz CT molecular complexity index is 504. The van der Waals surface area contributed by atoms with Crippen molar-refractivity contribution in [2.45, 2.75) is 37.1 Å². The fourth-order valence-electron chi connectivity index (χ4n) is 2.54. The summed E-state index contributed by atoms with van der Waals surface area (Å²) in [7, 11) is 0. The maximum Gasteiger partial charge on any atom is 0.308 e. The van der Waals surface area contributed by atoms with Crippen LogP contribution < -0.4 is 5.32 Å². The zero-order valence-corrected chi connectivity index (χ0v) is 12.3. The molecule has 0 aliphatic heterocycles. The summed E-state index contributed by atoms with van der Waals surface area (Å²) in [5.74, 6) is -0.994. The van der Waals surface area contributed by atoms with Crippen molar-refractivity contribution in [2.24, 2.45) is 5.92 Å². The van der Waals surface area contributed by atoms with E-state index in [-0.39, 0.29) is 11.9 Å². The molecule has 0 saturated heterocycles. The van der Waals surface area contributed by atoms with Crippen molar-refractivity contribution < 1.29 is 14.7 Å². The highest BCUT2D eigenvalue weighted by molar-refractivity contribution is 8.00. The number of hydrogen-bond donors (Lipinski definition) is 2. The molecule has 1 fully saturated rings. The van der Waals surface area contributed by atoms with E-state index in [2.05, 4.69) is 5.32 Å². The Labute approximate surface area is 123 Å². The summed E-state index contributed by atoms with van der Waals surface area (Å²) in [5.41, 5.74) is 1.15. The van der Waals surface area contributed by atoms with Crippen LogP contribution in [0.4, 0.5) is 0 Å². The monoisotopic (exact) mass is 293 g/mol. The van der Waals surface area contributed by atoms with Gasteiger partial charge in [-0.3, -0.25) is 9.59 Å². The Kier molecular flexibility index (Phi) is 5.06. The zero-order chi connectivity index (χ0) is 14.5. The van der Waals surface area contributed by atoms with E-state index in [1.165, 1.54) is 11.8 Å². The van der Waals surface area contributed by atoms with Gasteiger partial charge < -0.3 is 10.4 Å².